The van der Waals surface area contributed by atoms with Gasteiger partial charge in [0.1, 0.15) is 6.42 Å². The van der Waals surface area contributed by atoms with E-state index < -0.39 is 18.3 Å². The molecule has 2 aromatic rings. The van der Waals surface area contributed by atoms with Crippen LogP contribution in [0.4, 0.5) is 0 Å². The second-order valence-corrected chi connectivity index (χ2v) is 4.20. The number of hydrogen-bond acceptors (Lipinski definition) is 3. The Morgan fingerprint density at radius 1 is 1.32 bits per heavy atom. The minimum absolute atomic E-state index is 0.456. The Kier molecular flexibility index (Phi) is 4.12. The number of aromatic nitrogens is 2. The van der Waals surface area contributed by atoms with Crippen LogP contribution in [-0.4, -0.2) is 33.1 Å². The summed E-state index contributed by atoms with van der Waals surface area (Å²) in [4.78, 5) is 25.7. The Morgan fingerprint density at radius 3 is 2.89 bits per heavy atom. The Bertz CT molecular complexity index is 592. The summed E-state index contributed by atoms with van der Waals surface area (Å²) >= 11 is 0. The summed E-state index contributed by atoms with van der Waals surface area (Å²) in [6, 6.07) is 7.83. The molecule has 0 radical (unpaired) electrons. The highest BCUT2D eigenvalue weighted by atomic mass is 16.4. The molecule has 19 heavy (non-hydrogen) atoms. The van der Waals surface area contributed by atoms with E-state index in [9.17, 15) is 9.59 Å². The first-order valence-electron chi connectivity index (χ1n) is 6.05. The van der Waals surface area contributed by atoms with Crippen molar-refractivity contribution in [2.45, 2.75) is 19.4 Å². The number of para-hydroxylation sites is 2. The zero-order chi connectivity index (χ0) is 13.7. The molecule has 1 aromatic heterocycles. The fraction of sp³-hybridized carbons (Fsp3) is 0.308. The van der Waals surface area contributed by atoms with Gasteiger partial charge in [-0.25, -0.2) is 4.98 Å². The number of carboxylic acids is 1. The Morgan fingerprint density at radius 2 is 2.11 bits per heavy atom. The molecule has 0 aliphatic rings. The number of nitrogens with zero attached hydrogens (tertiary/aromatic N) is 2. The van der Waals surface area contributed by atoms with Gasteiger partial charge in [-0.15, -0.1) is 0 Å². The van der Waals surface area contributed by atoms with Crippen molar-refractivity contribution in [1.82, 2.24) is 14.9 Å². The summed E-state index contributed by atoms with van der Waals surface area (Å²) in [5, 5.41) is 11.0. The average molecular weight is 261 g/mol. The lowest BCUT2D eigenvalue weighted by Gasteiger charge is -2.05. The van der Waals surface area contributed by atoms with Crippen molar-refractivity contribution < 1.29 is 14.7 Å². The molecule has 2 N–H and O–H groups in total. The normalized spacial score (nSPS) is 10.5. The number of carboxylic acid groups (broad SMARTS) is 1. The van der Waals surface area contributed by atoms with E-state index in [-0.39, 0.29) is 0 Å². The van der Waals surface area contributed by atoms with E-state index in [1.807, 2.05) is 28.8 Å². The molecule has 0 saturated heterocycles. The van der Waals surface area contributed by atoms with E-state index >= 15 is 0 Å². The largest absolute Gasteiger partial charge is 0.481 e. The van der Waals surface area contributed by atoms with Crippen molar-refractivity contribution in [3.05, 3.63) is 30.6 Å². The maximum absolute atomic E-state index is 11.1. The third kappa shape index (κ3) is 3.54. The van der Waals surface area contributed by atoms with Crippen molar-refractivity contribution in [3.63, 3.8) is 0 Å². The number of hydrogen-bond donors (Lipinski definition) is 2. The van der Waals surface area contributed by atoms with Gasteiger partial charge in [0.15, 0.2) is 0 Å². The number of carbonyl (C=O) groups is 2. The van der Waals surface area contributed by atoms with Crippen LogP contribution in [0.15, 0.2) is 30.6 Å². The van der Waals surface area contributed by atoms with Gasteiger partial charge in [0.25, 0.3) is 0 Å². The summed E-state index contributed by atoms with van der Waals surface area (Å²) in [6.45, 7) is 1.19. The van der Waals surface area contributed by atoms with Crippen LogP contribution < -0.4 is 5.32 Å². The van der Waals surface area contributed by atoms with Crippen LogP contribution >= 0.6 is 0 Å². The van der Waals surface area contributed by atoms with Gasteiger partial charge in [0, 0.05) is 13.1 Å². The number of aliphatic carboxylic acids is 1. The number of fused-ring (bicyclic) bond motifs is 1. The minimum Gasteiger partial charge on any atom is -0.481 e. The van der Waals surface area contributed by atoms with Gasteiger partial charge in [-0.05, 0) is 18.6 Å². The molecule has 0 aliphatic carbocycles. The summed E-state index contributed by atoms with van der Waals surface area (Å²) in [5.41, 5.74) is 2.00. The zero-order valence-electron chi connectivity index (χ0n) is 10.4. The molecule has 6 heteroatoms. The fourth-order valence-corrected chi connectivity index (χ4v) is 1.87. The first kappa shape index (κ1) is 13.1. The summed E-state index contributed by atoms with van der Waals surface area (Å²) in [5.74, 6) is -1.57. The first-order valence-corrected chi connectivity index (χ1v) is 6.05. The highest BCUT2D eigenvalue weighted by Crippen LogP contribution is 2.11. The van der Waals surface area contributed by atoms with Crippen LogP contribution in [0.2, 0.25) is 0 Å². The van der Waals surface area contributed by atoms with Crippen LogP contribution in [0.5, 0.6) is 0 Å². The Balaban J connectivity index is 1.80. The zero-order valence-corrected chi connectivity index (χ0v) is 10.4. The van der Waals surface area contributed by atoms with Crippen LogP contribution in [0.1, 0.15) is 12.8 Å². The molecular weight excluding hydrogens is 246 g/mol. The molecule has 0 aliphatic heterocycles. The molecule has 0 atom stereocenters. The third-order valence-corrected chi connectivity index (χ3v) is 2.74. The van der Waals surface area contributed by atoms with Gasteiger partial charge in [-0.1, -0.05) is 12.1 Å². The van der Waals surface area contributed by atoms with Crippen LogP contribution in [0.25, 0.3) is 11.0 Å². The van der Waals surface area contributed by atoms with E-state index in [2.05, 4.69) is 10.3 Å². The summed E-state index contributed by atoms with van der Waals surface area (Å²) in [7, 11) is 0. The lowest BCUT2D eigenvalue weighted by atomic mass is 10.3. The number of rotatable bonds is 6. The number of imidazole rings is 1. The number of benzene rings is 1. The SMILES string of the molecule is O=C(O)CC(=O)NCCCn1cnc2ccccc21. The van der Waals surface area contributed by atoms with Gasteiger partial charge >= 0.3 is 5.97 Å². The highest BCUT2D eigenvalue weighted by molar-refractivity contribution is 5.93. The molecule has 0 bridgehead atoms. The molecule has 100 valence electrons. The molecule has 6 nitrogen and oxygen atoms in total. The summed E-state index contributed by atoms with van der Waals surface area (Å²) in [6.07, 6.45) is 2.02. The van der Waals surface area contributed by atoms with Crippen LogP contribution in [0, 0.1) is 0 Å². The molecule has 0 unspecified atom stereocenters. The average Bonchev–Trinajstić information content (AvgIpc) is 2.77. The smallest absolute Gasteiger partial charge is 0.312 e. The highest BCUT2D eigenvalue weighted by Gasteiger charge is 2.06. The number of nitrogens with one attached hydrogen (secondary N) is 1. The molecule has 1 amide bonds. The second kappa shape index (κ2) is 5.99. The Labute approximate surface area is 110 Å². The van der Waals surface area contributed by atoms with E-state index in [1.54, 1.807) is 6.33 Å². The molecular formula is C13H15N3O3. The topological polar surface area (TPSA) is 84.2 Å². The van der Waals surface area contributed by atoms with Gasteiger partial charge in [0.05, 0.1) is 17.4 Å². The standard InChI is InChI=1S/C13H15N3O3/c17-12(8-13(18)19)14-6-3-7-16-9-15-10-4-1-2-5-11(10)16/h1-2,4-5,9H,3,6-8H2,(H,14,17)(H,18,19). The fourth-order valence-electron chi connectivity index (χ4n) is 1.87. The maximum Gasteiger partial charge on any atom is 0.312 e. The predicted molar refractivity (Wildman–Crippen MR) is 69.6 cm³/mol. The van der Waals surface area contributed by atoms with Crippen molar-refractivity contribution in [2.75, 3.05) is 6.54 Å². The molecule has 1 aromatic carbocycles. The monoisotopic (exact) mass is 261 g/mol. The third-order valence-electron chi connectivity index (χ3n) is 2.74. The van der Waals surface area contributed by atoms with Crippen molar-refractivity contribution in [3.8, 4) is 0 Å². The number of amides is 1. The van der Waals surface area contributed by atoms with Gasteiger partial charge in [-0.3, -0.25) is 9.59 Å². The summed E-state index contributed by atoms with van der Waals surface area (Å²) < 4.78 is 2.01. The minimum atomic E-state index is -1.11. The van der Waals surface area contributed by atoms with E-state index in [1.165, 1.54) is 0 Å². The maximum atomic E-state index is 11.1. The van der Waals surface area contributed by atoms with Gasteiger partial charge < -0.3 is 15.0 Å². The van der Waals surface area contributed by atoms with Gasteiger partial charge in [0.2, 0.25) is 5.91 Å². The number of aryl methyl sites for hydroxylation is 1. The van der Waals surface area contributed by atoms with E-state index in [0.29, 0.717) is 6.54 Å². The molecule has 0 fully saturated rings. The van der Waals surface area contributed by atoms with Crippen LogP contribution in [-0.2, 0) is 16.1 Å². The van der Waals surface area contributed by atoms with Crippen molar-refractivity contribution >= 4 is 22.9 Å². The molecule has 0 spiro atoms. The second-order valence-electron chi connectivity index (χ2n) is 4.20. The van der Waals surface area contributed by atoms with Crippen molar-refractivity contribution in [1.29, 1.82) is 0 Å². The van der Waals surface area contributed by atoms with E-state index in [4.69, 9.17) is 5.11 Å². The molecule has 1 heterocycles. The predicted octanol–water partition coefficient (Wildman–Crippen LogP) is 1.02. The molecule has 0 saturated carbocycles. The Hall–Kier alpha value is -2.37. The van der Waals surface area contributed by atoms with E-state index in [0.717, 1.165) is 24.0 Å². The lowest BCUT2D eigenvalue weighted by Crippen LogP contribution is -2.27. The van der Waals surface area contributed by atoms with Crippen LogP contribution in [0.3, 0.4) is 0 Å². The van der Waals surface area contributed by atoms with Gasteiger partial charge in [-0.2, -0.15) is 0 Å². The molecule has 2 rings (SSSR count). The lowest BCUT2D eigenvalue weighted by molar-refractivity contribution is -0.140. The first-order chi connectivity index (χ1) is 9.16. The number of carbonyl (C=O) groups excluding carboxylic acids is 1. The quantitative estimate of drug-likeness (QED) is 0.600. The van der Waals surface area contributed by atoms with Crippen molar-refractivity contribution in [2.24, 2.45) is 0 Å².